The molecule has 1 aliphatic heterocycles. The van der Waals surface area contributed by atoms with E-state index in [2.05, 4.69) is 4.99 Å². The molecule has 0 aliphatic carbocycles. The lowest BCUT2D eigenvalue weighted by Crippen LogP contribution is -2.35. The minimum Gasteiger partial charge on any atom is -0.497 e. The molecule has 6 nitrogen and oxygen atoms in total. The van der Waals surface area contributed by atoms with E-state index >= 15 is 0 Å². The fourth-order valence-electron chi connectivity index (χ4n) is 3.36. The standard InChI is InChI=1S/C20H23NO5/c1-11(22)17-14(4)26-20(5,21-19(12(2)23)13(3)24)18(17)15-8-7-9-16(10-15)25-6/h7-10,18H,1-6H3. The summed E-state index contributed by atoms with van der Waals surface area (Å²) in [6.07, 6.45) is 0. The highest BCUT2D eigenvalue weighted by Crippen LogP contribution is 2.47. The monoisotopic (exact) mass is 357 g/mol. The third-order valence-electron chi connectivity index (χ3n) is 4.37. The van der Waals surface area contributed by atoms with E-state index < -0.39 is 23.2 Å². The van der Waals surface area contributed by atoms with Gasteiger partial charge in [0.05, 0.1) is 13.0 Å². The molecule has 2 atom stereocenters. The molecule has 0 fully saturated rings. The molecule has 2 unspecified atom stereocenters. The van der Waals surface area contributed by atoms with E-state index in [1.54, 1.807) is 39.2 Å². The highest BCUT2D eigenvalue weighted by atomic mass is 16.5. The maximum Gasteiger partial charge on any atom is 0.208 e. The van der Waals surface area contributed by atoms with Crippen LogP contribution in [0.4, 0.5) is 0 Å². The second kappa shape index (κ2) is 7.23. The van der Waals surface area contributed by atoms with Crippen LogP contribution >= 0.6 is 0 Å². The molecular weight excluding hydrogens is 334 g/mol. The largest absolute Gasteiger partial charge is 0.497 e. The summed E-state index contributed by atoms with van der Waals surface area (Å²) in [4.78, 5) is 40.3. The van der Waals surface area contributed by atoms with Crippen molar-refractivity contribution in [3.63, 3.8) is 0 Å². The van der Waals surface area contributed by atoms with Crippen LogP contribution in [0.3, 0.4) is 0 Å². The first-order chi connectivity index (χ1) is 12.1. The maximum absolute atomic E-state index is 12.3. The number of benzene rings is 1. The number of nitrogens with zero attached hydrogens (tertiary/aromatic N) is 1. The lowest BCUT2D eigenvalue weighted by molar-refractivity contribution is -0.115. The van der Waals surface area contributed by atoms with Crippen LogP contribution < -0.4 is 4.74 Å². The third kappa shape index (κ3) is 3.59. The van der Waals surface area contributed by atoms with Gasteiger partial charge in [-0.05, 0) is 38.5 Å². The van der Waals surface area contributed by atoms with E-state index in [0.717, 1.165) is 5.56 Å². The van der Waals surface area contributed by atoms with E-state index in [9.17, 15) is 14.4 Å². The van der Waals surface area contributed by atoms with E-state index in [0.29, 0.717) is 17.1 Å². The number of ketones is 3. The summed E-state index contributed by atoms with van der Waals surface area (Å²) in [5, 5.41) is 0. The zero-order chi connectivity index (χ0) is 19.6. The molecule has 0 saturated carbocycles. The van der Waals surface area contributed by atoms with Crippen molar-refractivity contribution in [3.8, 4) is 5.75 Å². The fourth-order valence-corrected chi connectivity index (χ4v) is 3.36. The fraction of sp³-hybridized carbons (Fsp3) is 0.400. The van der Waals surface area contributed by atoms with Crippen LogP contribution in [0.1, 0.15) is 46.1 Å². The Morgan fingerprint density at radius 3 is 2.27 bits per heavy atom. The minimum atomic E-state index is -1.29. The third-order valence-corrected chi connectivity index (χ3v) is 4.37. The van der Waals surface area contributed by atoms with Gasteiger partial charge in [-0.3, -0.25) is 14.4 Å². The number of methoxy groups -OCH3 is 1. The molecule has 138 valence electrons. The Hall–Kier alpha value is -2.76. The van der Waals surface area contributed by atoms with Gasteiger partial charge in [-0.1, -0.05) is 12.1 Å². The molecule has 1 heterocycles. The lowest BCUT2D eigenvalue weighted by Gasteiger charge is -2.29. The van der Waals surface area contributed by atoms with E-state index in [1.807, 2.05) is 6.07 Å². The highest BCUT2D eigenvalue weighted by Gasteiger charge is 2.48. The van der Waals surface area contributed by atoms with Crippen molar-refractivity contribution in [1.82, 2.24) is 0 Å². The number of aliphatic imine (C=N–C) groups is 1. The Labute approximate surface area is 152 Å². The summed E-state index contributed by atoms with van der Waals surface area (Å²) < 4.78 is 11.2. The van der Waals surface area contributed by atoms with Gasteiger partial charge in [0.15, 0.2) is 17.3 Å². The zero-order valence-corrected chi connectivity index (χ0v) is 15.9. The first-order valence-corrected chi connectivity index (χ1v) is 8.27. The van der Waals surface area contributed by atoms with Gasteiger partial charge in [0, 0.05) is 19.4 Å². The van der Waals surface area contributed by atoms with Crippen LogP contribution in [0.2, 0.25) is 0 Å². The van der Waals surface area contributed by atoms with Crippen molar-refractivity contribution in [2.45, 2.75) is 46.3 Å². The number of hydrogen-bond acceptors (Lipinski definition) is 6. The number of carbonyl (C=O) groups is 3. The summed E-state index contributed by atoms with van der Waals surface area (Å²) in [5.74, 6) is -0.547. The first-order valence-electron chi connectivity index (χ1n) is 8.27. The van der Waals surface area contributed by atoms with Crippen LogP contribution in [0.5, 0.6) is 5.75 Å². The minimum absolute atomic E-state index is 0.151. The summed E-state index contributed by atoms with van der Waals surface area (Å²) in [7, 11) is 1.55. The molecule has 0 spiro atoms. The van der Waals surface area contributed by atoms with Gasteiger partial charge >= 0.3 is 0 Å². The summed E-state index contributed by atoms with van der Waals surface area (Å²) in [6.45, 7) is 7.38. The molecule has 0 radical (unpaired) electrons. The Balaban J connectivity index is 2.69. The number of rotatable bonds is 6. The van der Waals surface area contributed by atoms with E-state index in [1.165, 1.54) is 20.8 Å². The topological polar surface area (TPSA) is 82.0 Å². The van der Waals surface area contributed by atoms with Crippen LogP contribution in [0, 0.1) is 0 Å². The molecule has 1 aliphatic rings. The quantitative estimate of drug-likeness (QED) is 0.577. The smallest absolute Gasteiger partial charge is 0.208 e. The molecule has 0 aromatic heterocycles. The molecule has 0 N–H and O–H groups in total. The number of hydrogen-bond donors (Lipinski definition) is 0. The normalized spacial score (nSPS) is 21.8. The van der Waals surface area contributed by atoms with Crippen LogP contribution in [-0.4, -0.2) is 35.9 Å². The number of allylic oxidation sites excluding steroid dienone is 1. The van der Waals surface area contributed by atoms with Crippen molar-refractivity contribution in [1.29, 1.82) is 0 Å². The molecule has 2 rings (SSSR count). The summed E-state index contributed by atoms with van der Waals surface area (Å²) in [5.41, 5.74) is -0.248. The lowest BCUT2D eigenvalue weighted by atomic mass is 9.82. The molecule has 0 amide bonds. The maximum atomic E-state index is 12.3. The predicted octanol–water partition coefficient (Wildman–Crippen LogP) is 3.01. The van der Waals surface area contributed by atoms with Gasteiger partial charge in [0.2, 0.25) is 5.72 Å². The molecule has 1 aromatic rings. The van der Waals surface area contributed by atoms with Gasteiger partial charge < -0.3 is 9.47 Å². The summed E-state index contributed by atoms with van der Waals surface area (Å²) in [6, 6.07) is 7.23. The molecule has 6 heteroatoms. The average Bonchev–Trinajstić information content (AvgIpc) is 2.83. The molecule has 26 heavy (non-hydrogen) atoms. The Kier molecular flexibility index (Phi) is 5.44. The van der Waals surface area contributed by atoms with Crippen molar-refractivity contribution in [3.05, 3.63) is 41.2 Å². The van der Waals surface area contributed by atoms with Crippen molar-refractivity contribution >= 4 is 23.1 Å². The predicted molar refractivity (Wildman–Crippen MR) is 97.4 cm³/mol. The van der Waals surface area contributed by atoms with Crippen LogP contribution in [0.25, 0.3) is 0 Å². The zero-order valence-electron chi connectivity index (χ0n) is 15.9. The van der Waals surface area contributed by atoms with E-state index in [-0.39, 0.29) is 11.5 Å². The Morgan fingerprint density at radius 2 is 1.77 bits per heavy atom. The SMILES string of the molecule is COc1cccc(C2C(C(C)=O)=C(C)OC2(C)N=C(C(C)=O)C(C)=O)c1. The molecule has 1 aromatic carbocycles. The van der Waals surface area contributed by atoms with Gasteiger partial charge in [-0.25, -0.2) is 4.99 Å². The van der Waals surface area contributed by atoms with Gasteiger partial charge in [0.1, 0.15) is 17.2 Å². The van der Waals surface area contributed by atoms with Crippen LogP contribution in [-0.2, 0) is 19.1 Å². The molecule has 0 bridgehead atoms. The molecule has 0 saturated heterocycles. The van der Waals surface area contributed by atoms with Gasteiger partial charge in [0.25, 0.3) is 0 Å². The highest BCUT2D eigenvalue weighted by molar-refractivity contribution is 6.65. The van der Waals surface area contributed by atoms with E-state index in [4.69, 9.17) is 9.47 Å². The van der Waals surface area contributed by atoms with Crippen molar-refractivity contribution < 1.29 is 23.9 Å². The Bertz CT molecular complexity index is 820. The van der Waals surface area contributed by atoms with Crippen molar-refractivity contribution in [2.24, 2.45) is 4.99 Å². The second-order valence-corrected chi connectivity index (χ2v) is 6.47. The number of Topliss-reactive ketones (excluding diaryl/α,β-unsaturated/α-hetero) is 3. The van der Waals surface area contributed by atoms with Crippen LogP contribution in [0.15, 0.2) is 40.6 Å². The number of ether oxygens (including phenoxy) is 2. The van der Waals surface area contributed by atoms with Crippen molar-refractivity contribution in [2.75, 3.05) is 7.11 Å². The Morgan fingerprint density at radius 1 is 1.15 bits per heavy atom. The number of carbonyl (C=O) groups excluding carboxylic acids is 3. The van der Waals surface area contributed by atoms with Gasteiger partial charge in [-0.2, -0.15) is 0 Å². The first kappa shape index (κ1) is 19.6. The second-order valence-electron chi connectivity index (χ2n) is 6.47. The van der Waals surface area contributed by atoms with Gasteiger partial charge in [-0.15, -0.1) is 0 Å². The molecular formula is C20H23NO5. The average molecular weight is 357 g/mol. The summed E-state index contributed by atoms with van der Waals surface area (Å²) >= 11 is 0.